The van der Waals surface area contributed by atoms with Crippen LogP contribution < -0.4 is 11.1 Å². The highest BCUT2D eigenvalue weighted by Gasteiger charge is 2.46. The molecule has 0 aromatic carbocycles. The van der Waals surface area contributed by atoms with E-state index in [4.69, 9.17) is 10.5 Å². The Bertz CT molecular complexity index is 323. The van der Waals surface area contributed by atoms with Crippen molar-refractivity contribution in [3.8, 4) is 0 Å². The van der Waals surface area contributed by atoms with E-state index in [0.29, 0.717) is 12.5 Å². The number of hydrogen-bond donors (Lipinski definition) is 2. The summed E-state index contributed by atoms with van der Waals surface area (Å²) in [5, 5.41) is 3.07. The van der Waals surface area contributed by atoms with Crippen LogP contribution in [0, 0.1) is 0 Å². The maximum Gasteiger partial charge on any atom is 0.188 e. The maximum absolute atomic E-state index is 11.5. The molecule has 17 heavy (non-hydrogen) atoms. The topological polar surface area (TPSA) is 76.7 Å². The fourth-order valence-electron chi connectivity index (χ4n) is 1.98. The fourth-order valence-corrected chi connectivity index (χ4v) is 2.91. The van der Waals surface area contributed by atoms with E-state index in [-0.39, 0.29) is 10.9 Å². The lowest BCUT2D eigenvalue weighted by Crippen LogP contribution is -2.38. The lowest BCUT2D eigenvalue weighted by molar-refractivity contribution is 0.114. The minimum absolute atomic E-state index is 0.0871. The Kier molecular flexibility index (Phi) is 4.04. The Morgan fingerprint density at radius 1 is 1.65 bits per heavy atom. The first kappa shape index (κ1) is 12.8. The molecule has 1 saturated heterocycles. The van der Waals surface area contributed by atoms with Gasteiger partial charge in [-0.25, -0.2) is 0 Å². The molecule has 1 aliphatic carbocycles. The molecular weight excluding hydrogens is 238 g/mol. The first-order valence-corrected chi connectivity index (χ1v) is 7.67. The first-order chi connectivity index (χ1) is 8.12. The van der Waals surface area contributed by atoms with Crippen LogP contribution in [-0.4, -0.2) is 47.0 Å². The van der Waals surface area contributed by atoms with E-state index in [9.17, 15) is 4.21 Å². The molecule has 2 atom stereocenters. The van der Waals surface area contributed by atoms with Gasteiger partial charge >= 0.3 is 0 Å². The number of nitrogens with two attached hydrogens (primary N) is 1. The normalized spacial score (nSPS) is 29.0. The van der Waals surface area contributed by atoms with Gasteiger partial charge in [-0.2, -0.15) is 0 Å². The maximum atomic E-state index is 11.5. The van der Waals surface area contributed by atoms with Crippen molar-refractivity contribution in [3.63, 3.8) is 0 Å². The number of aliphatic imine (C=N–C) groups is 1. The number of rotatable bonds is 5. The van der Waals surface area contributed by atoms with Gasteiger partial charge in [0, 0.05) is 30.2 Å². The number of nitrogens with one attached hydrogen (secondary N) is 1. The second-order valence-corrected chi connectivity index (χ2v) is 6.63. The number of nitrogens with zero attached hydrogens (tertiary/aromatic N) is 1. The molecule has 98 valence electrons. The van der Waals surface area contributed by atoms with Crippen LogP contribution in [-0.2, 0) is 15.5 Å². The SMILES string of the molecule is CS(=O)C1(CN=C(N)NCC2CCCO2)CC1. The van der Waals surface area contributed by atoms with E-state index in [1.165, 1.54) is 0 Å². The average molecular weight is 259 g/mol. The van der Waals surface area contributed by atoms with Crippen molar-refractivity contribution in [1.29, 1.82) is 0 Å². The van der Waals surface area contributed by atoms with E-state index in [2.05, 4.69) is 10.3 Å². The summed E-state index contributed by atoms with van der Waals surface area (Å²) in [6, 6.07) is 0. The summed E-state index contributed by atoms with van der Waals surface area (Å²) in [5.41, 5.74) is 5.77. The zero-order valence-electron chi connectivity index (χ0n) is 10.3. The second-order valence-electron chi connectivity index (χ2n) is 4.85. The van der Waals surface area contributed by atoms with E-state index < -0.39 is 10.8 Å². The highest BCUT2D eigenvalue weighted by molar-refractivity contribution is 7.86. The highest BCUT2D eigenvalue weighted by Crippen LogP contribution is 2.41. The Morgan fingerprint density at radius 3 is 2.94 bits per heavy atom. The average Bonchev–Trinajstić information content (AvgIpc) is 2.93. The Balaban J connectivity index is 1.71. The molecule has 0 aromatic heterocycles. The van der Waals surface area contributed by atoms with Gasteiger partial charge in [0.05, 0.1) is 17.4 Å². The fraction of sp³-hybridized carbons (Fsp3) is 0.909. The molecule has 2 fully saturated rings. The summed E-state index contributed by atoms with van der Waals surface area (Å²) in [6.45, 7) is 2.14. The quantitative estimate of drug-likeness (QED) is 0.537. The predicted octanol–water partition coefficient (Wildman–Crippen LogP) is -0.0192. The molecule has 0 radical (unpaired) electrons. The monoisotopic (exact) mass is 259 g/mol. The summed E-state index contributed by atoms with van der Waals surface area (Å²) < 4.78 is 16.9. The molecule has 1 heterocycles. The molecular formula is C11H21N3O2S. The molecule has 0 aromatic rings. The molecule has 0 spiro atoms. The minimum atomic E-state index is -0.802. The summed E-state index contributed by atoms with van der Waals surface area (Å²) in [7, 11) is -0.802. The van der Waals surface area contributed by atoms with Gasteiger partial charge in [0.2, 0.25) is 0 Å². The van der Waals surface area contributed by atoms with Crippen molar-refractivity contribution in [2.24, 2.45) is 10.7 Å². The van der Waals surface area contributed by atoms with Crippen LogP contribution in [0.2, 0.25) is 0 Å². The van der Waals surface area contributed by atoms with Crippen LogP contribution in [0.3, 0.4) is 0 Å². The van der Waals surface area contributed by atoms with Crippen LogP contribution in [0.5, 0.6) is 0 Å². The molecule has 0 bridgehead atoms. The summed E-state index contributed by atoms with van der Waals surface area (Å²) >= 11 is 0. The van der Waals surface area contributed by atoms with Crippen LogP contribution in [0.25, 0.3) is 0 Å². The van der Waals surface area contributed by atoms with E-state index in [1.54, 1.807) is 6.26 Å². The van der Waals surface area contributed by atoms with E-state index in [0.717, 1.165) is 38.8 Å². The minimum Gasteiger partial charge on any atom is -0.376 e. The van der Waals surface area contributed by atoms with Crippen molar-refractivity contribution in [3.05, 3.63) is 0 Å². The summed E-state index contributed by atoms with van der Waals surface area (Å²) in [5.74, 6) is 0.442. The van der Waals surface area contributed by atoms with Crippen LogP contribution in [0.4, 0.5) is 0 Å². The Hall–Kier alpha value is -0.620. The Labute approximate surface area is 105 Å². The summed E-state index contributed by atoms with van der Waals surface area (Å²) in [4.78, 5) is 4.28. The third-order valence-corrected chi connectivity index (χ3v) is 5.25. The molecule has 2 aliphatic rings. The van der Waals surface area contributed by atoms with Crippen LogP contribution in [0.1, 0.15) is 25.7 Å². The van der Waals surface area contributed by atoms with Gasteiger partial charge in [-0.3, -0.25) is 9.20 Å². The smallest absolute Gasteiger partial charge is 0.188 e. The van der Waals surface area contributed by atoms with Gasteiger partial charge in [-0.1, -0.05) is 0 Å². The van der Waals surface area contributed by atoms with Gasteiger partial charge in [-0.15, -0.1) is 0 Å². The molecule has 2 unspecified atom stereocenters. The zero-order chi connectivity index (χ0) is 12.3. The molecule has 2 rings (SSSR count). The largest absolute Gasteiger partial charge is 0.376 e. The number of guanidine groups is 1. The Morgan fingerprint density at radius 2 is 2.41 bits per heavy atom. The first-order valence-electron chi connectivity index (χ1n) is 6.11. The van der Waals surface area contributed by atoms with E-state index in [1.807, 2.05) is 0 Å². The van der Waals surface area contributed by atoms with Crippen LogP contribution >= 0.6 is 0 Å². The van der Waals surface area contributed by atoms with Gasteiger partial charge in [0.1, 0.15) is 0 Å². The van der Waals surface area contributed by atoms with E-state index >= 15 is 0 Å². The van der Waals surface area contributed by atoms with Gasteiger partial charge < -0.3 is 15.8 Å². The molecule has 3 N–H and O–H groups in total. The lowest BCUT2D eigenvalue weighted by Gasteiger charge is -2.12. The molecule has 5 nitrogen and oxygen atoms in total. The van der Waals surface area contributed by atoms with Crippen molar-refractivity contribution >= 4 is 16.8 Å². The number of ether oxygens (including phenoxy) is 1. The third kappa shape index (κ3) is 3.42. The van der Waals surface area contributed by atoms with Crippen molar-refractivity contribution in [1.82, 2.24) is 5.32 Å². The van der Waals surface area contributed by atoms with Crippen molar-refractivity contribution in [2.75, 3.05) is 26.0 Å². The second kappa shape index (κ2) is 5.35. The van der Waals surface area contributed by atoms with Gasteiger partial charge in [0.15, 0.2) is 5.96 Å². The standard InChI is InChI=1S/C11H21N3O2S/c1-17(15)11(4-5-11)8-14-10(12)13-7-9-3-2-6-16-9/h9H,2-8H2,1H3,(H3,12,13,14). The van der Waals surface area contributed by atoms with Crippen LogP contribution in [0.15, 0.2) is 4.99 Å². The summed E-state index contributed by atoms with van der Waals surface area (Å²) in [6.07, 6.45) is 6.22. The third-order valence-electron chi connectivity index (χ3n) is 3.49. The van der Waals surface area contributed by atoms with Crippen molar-refractivity contribution < 1.29 is 8.95 Å². The van der Waals surface area contributed by atoms with Crippen molar-refractivity contribution in [2.45, 2.75) is 36.5 Å². The lowest BCUT2D eigenvalue weighted by atomic mass is 10.2. The molecule has 1 saturated carbocycles. The molecule has 0 amide bonds. The predicted molar refractivity (Wildman–Crippen MR) is 69.5 cm³/mol. The highest BCUT2D eigenvalue weighted by atomic mass is 32.2. The van der Waals surface area contributed by atoms with Gasteiger partial charge in [0.25, 0.3) is 0 Å². The molecule has 1 aliphatic heterocycles. The molecule has 6 heteroatoms. The zero-order valence-corrected chi connectivity index (χ0v) is 11.1. The van der Waals surface area contributed by atoms with Gasteiger partial charge in [-0.05, 0) is 25.7 Å². The number of hydrogen-bond acceptors (Lipinski definition) is 3.